The van der Waals surface area contributed by atoms with Gasteiger partial charge in [-0.3, -0.25) is 0 Å². The zero-order valence-electron chi connectivity index (χ0n) is 29.8. The fraction of sp³-hybridized carbons (Fsp3) is 0.302. The molecule has 7 rings (SSSR count). The first-order valence-corrected chi connectivity index (χ1v) is 18.3. The van der Waals surface area contributed by atoms with E-state index in [9.17, 15) is 0 Å². The Morgan fingerprint density at radius 3 is 2.00 bits per heavy atom. The first-order chi connectivity index (χ1) is 23.2. The van der Waals surface area contributed by atoms with Crippen LogP contribution in [0, 0.1) is 9.22 Å². The van der Waals surface area contributed by atoms with Gasteiger partial charge in [0.05, 0.1) is 0 Å². The van der Waals surface area contributed by atoms with Crippen molar-refractivity contribution in [3.8, 4) is 22.9 Å². The number of pyridine rings is 1. The fourth-order valence-corrected chi connectivity index (χ4v) is 8.00. The van der Waals surface area contributed by atoms with E-state index in [0.29, 0.717) is 0 Å². The van der Waals surface area contributed by atoms with Gasteiger partial charge >= 0.3 is 245 Å². The predicted octanol–water partition coefficient (Wildman–Crippen LogP) is 11.0. The second-order valence-electron chi connectivity index (χ2n) is 16.2. The van der Waals surface area contributed by atoms with Crippen LogP contribution in [0.4, 0.5) is 11.5 Å². The van der Waals surface area contributed by atoms with E-state index >= 15 is 0 Å². The van der Waals surface area contributed by atoms with Crippen molar-refractivity contribution in [1.29, 1.82) is 0 Å². The molecule has 0 saturated carbocycles. The Morgan fingerprint density at radius 2 is 1.33 bits per heavy atom. The predicted molar refractivity (Wildman–Crippen MR) is 198 cm³/mol. The zero-order chi connectivity index (χ0) is 34.7. The number of imidazole rings is 1. The summed E-state index contributed by atoms with van der Waals surface area (Å²) in [6.07, 6.45) is 2.95. The molecule has 0 bridgehead atoms. The molecule has 0 fully saturated rings. The monoisotopic (exact) mass is 829 g/mol. The Balaban J connectivity index is 1.25. The molecule has 0 spiro atoms. The van der Waals surface area contributed by atoms with Gasteiger partial charge in [-0.25, -0.2) is 0 Å². The summed E-state index contributed by atoms with van der Waals surface area (Å²) in [5.74, 6) is 2.59. The molecule has 0 atom stereocenters. The second kappa shape index (κ2) is 12.3. The fourth-order valence-electron chi connectivity index (χ4n) is 6.86. The van der Waals surface area contributed by atoms with E-state index in [-0.39, 0.29) is 16.2 Å². The van der Waals surface area contributed by atoms with Crippen molar-refractivity contribution in [2.45, 2.75) is 72.6 Å². The molecule has 6 heteroatoms. The summed E-state index contributed by atoms with van der Waals surface area (Å²) in [7, 11) is 0. The van der Waals surface area contributed by atoms with E-state index in [1.54, 1.807) is 0 Å². The summed E-state index contributed by atoms with van der Waals surface area (Å²) in [6.45, 7) is 19.1. The Morgan fingerprint density at radius 1 is 0.673 bits per heavy atom. The minimum atomic E-state index is 0.0425. The first-order valence-electron chi connectivity index (χ1n) is 17.1. The van der Waals surface area contributed by atoms with Crippen molar-refractivity contribution < 1.29 is 24.1 Å². The van der Waals surface area contributed by atoms with Gasteiger partial charge in [0.1, 0.15) is 0 Å². The topological polar surface area (TPSA) is 35.2 Å². The molecule has 3 heterocycles. The van der Waals surface area contributed by atoms with Crippen LogP contribution in [-0.2, 0) is 36.6 Å². The summed E-state index contributed by atoms with van der Waals surface area (Å²) < 4.78 is 12.4. The zero-order valence-corrected chi connectivity index (χ0v) is 32.1. The van der Waals surface area contributed by atoms with E-state index in [1.165, 1.54) is 16.7 Å². The average molecular weight is 830 g/mol. The van der Waals surface area contributed by atoms with Gasteiger partial charge in [-0.05, 0) is 17.0 Å². The van der Waals surface area contributed by atoms with E-state index in [1.807, 2.05) is 12.3 Å². The number of anilines is 2. The standard InChI is InChI=1S/C43H46N4O.Pt/c1-41(2,3)31-17-19-33(20-18-31)46-29-47(38-15-10-9-14-37(38)46)34-12-11-13-35(25-34)48-36-21-16-30-27-43(7,8)28-45(39(30)26-36)40-24-32(22-23-44-40)42(4,5)6;/h9-26H,27-28H2,1-8H3;. The number of aromatic nitrogens is 3. The van der Waals surface area contributed by atoms with Crippen molar-refractivity contribution in [2.75, 3.05) is 11.4 Å². The van der Waals surface area contributed by atoms with Gasteiger partial charge in [-0.1, -0.05) is 34.6 Å². The average Bonchev–Trinajstić information content (AvgIpc) is 3.35. The first kappa shape index (κ1) is 33.3. The summed E-state index contributed by atoms with van der Waals surface area (Å²) in [5.41, 5.74) is 9.83. The molecule has 0 N–H and O–H groups in total. The molecule has 1 aliphatic rings. The van der Waals surface area contributed by atoms with E-state index in [2.05, 4.69) is 186 Å². The van der Waals surface area contributed by atoms with Gasteiger partial charge in [0.15, 0.2) is 0 Å². The molecule has 5 nitrogen and oxygen atoms in total. The van der Waals surface area contributed by atoms with Gasteiger partial charge < -0.3 is 0 Å². The van der Waals surface area contributed by atoms with Gasteiger partial charge in [0.25, 0.3) is 0 Å². The molecular weight excluding hydrogens is 784 g/mol. The van der Waals surface area contributed by atoms with Gasteiger partial charge in [0.2, 0.25) is 0 Å². The Labute approximate surface area is 301 Å². The molecule has 0 unspecified atom stereocenters. The molecule has 6 aromatic rings. The number of rotatable bonds is 5. The molecular formula is C43H46N4OPt. The third kappa shape index (κ3) is 6.58. The quantitative estimate of drug-likeness (QED) is 0.174. The van der Waals surface area contributed by atoms with Crippen LogP contribution in [-0.4, -0.2) is 20.7 Å². The van der Waals surface area contributed by atoms with Crippen molar-refractivity contribution in [3.63, 3.8) is 0 Å². The SMILES string of the molecule is CC1(C)Cc2ccc(Oc3cccc(-n4[c](=[Pt])n(-c5ccc(C(C)(C)C)cc5)c5ccccc54)c3)cc2N(c2cc(C(C)(C)C)ccn2)C1. The van der Waals surface area contributed by atoms with Gasteiger partial charge in [-0.15, -0.1) is 0 Å². The van der Waals surface area contributed by atoms with Crippen LogP contribution < -0.4 is 9.64 Å². The van der Waals surface area contributed by atoms with Crippen molar-refractivity contribution in [3.05, 3.63) is 130 Å². The van der Waals surface area contributed by atoms with Crippen molar-refractivity contribution >= 4 is 22.5 Å². The molecule has 0 aliphatic carbocycles. The molecule has 49 heavy (non-hydrogen) atoms. The third-order valence-corrected chi connectivity index (χ3v) is 10.5. The number of benzene rings is 4. The van der Waals surface area contributed by atoms with Crippen LogP contribution in [0.5, 0.6) is 11.5 Å². The molecule has 2 aromatic heterocycles. The molecule has 0 radical (unpaired) electrons. The van der Waals surface area contributed by atoms with E-state index in [0.717, 1.165) is 62.2 Å². The molecule has 4 aromatic carbocycles. The van der Waals surface area contributed by atoms with Gasteiger partial charge in [-0.2, -0.15) is 0 Å². The number of nitrogens with zero attached hydrogens (tertiary/aromatic N) is 4. The van der Waals surface area contributed by atoms with Crippen LogP contribution in [0.25, 0.3) is 22.4 Å². The summed E-state index contributed by atoms with van der Waals surface area (Å²) in [6, 6.07) is 36.9. The molecule has 0 amide bonds. The Bertz CT molecular complexity index is 2230. The van der Waals surface area contributed by atoms with Crippen LogP contribution >= 0.6 is 0 Å². The second-order valence-corrected chi connectivity index (χ2v) is 17.2. The Hall–Kier alpha value is -4.21. The molecule has 254 valence electrons. The van der Waals surface area contributed by atoms with Crippen molar-refractivity contribution in [2.24, 2.45) is 5.41 Å². The van der Waals surface area contributed by atoms with E-state index < -0.39 is 0 Å². The number of hydrogen-bond acceptors (Lipinski definition) is 3. The molecule has 0 saturated heterocycles. The number of ether oxygens (including phenoxy) is 1. The van der Waals surface area contributed by atoms with Crippen LogP contribution in [0.3, 0.4) is 0 Å². The van der Waals surface area contributed by atoms with Crippen LogP contribution in [0.2, 0.25) is 0 Å². The maximum absolute atomic E-state index is 6.64. The summed E-state index contributed by atoms with van der Waals surface area (Å²) in [5, 5.41) is 0. The Kier molecular flexibility index (Phi) is 8.35. The normalized spacial score (nSPS) is 14.6. The van der Waals surface area contributed by atoms with Crippen LogP contribution in [0.1, 0.15) is 72.1 Å². The number of fused-ring (bicyclic) bond motifs is 2. The van der Waals surface area contributed by atoms with Gasteiger partial charge in [0, 0.05) is 6.20 Å². The molecule has 1 aliphatic heterocycles. The third-order valence-electron chi connectivity index (χ3n) is 9.50. The number of hydrogen-bond donors (Lipinski definition) is 0. The summed E-state index contributed by atoms with van der Waals surface area (Å²) >= 11 is 2.45. The van der Waals surface area contributed by atoms with Crippen molar-refractivity contribution in [1.82, 2.24) is 14.1 Å². The minimum absolute atomic E-state index is 0.0425. The summed E-state index contributed by atoms with van der Waals surface area (Å²) in [4.78, 5) is 7.22. The number of para-hydroxylation sites is 2. The maximum atomic E-state index is 6.64. The van der Waals surface area contributed by atoms with Crippen LogP contribution in [0.15, 0.2) is 109 Å². The van der Waals surface area contributed by atoms with E-state index in [4.69, 9.17) is 9.72 Å².